The number of hydrogen-bond donors (Lipinski definition) is 3. The van der Waals surface area contributed by atoms with E-state index in [0.717, 1.165) is 24.8 Å². The highest BCUT2D eigenvalue weighted by molar-refractivity contribution is 5.91. The van der Waals surface area contributed by atoms with Gasteiger partial charge in [0.25, 0.3) is 0 Å². The van der Waals surface area contributed by atoms with Gasteiger partial charge in [-0.05, 0) is 30.0 Å². The van der Waals surface area contributed by atoms with Gasteiger partial charge in [-0.15, -0.1) is 0 Å². The van der Waals surface area contributed by atoms with Crippen LogP contribution in [0.25, 0.3) is 0 Å². The van der Waals surface area contributed by atoms with Crippen molar-refractivity contribution in [2.24, 2.45) is 5.92 Å². The van der Waals surface area contributed by atoms with Crippen LogP contribution in [0.1, 0.15) is 115 Å². The largest absolute Gasteiger partial charge is 0.481 e. The Balaban J connectivity index is 2.14. The fraction of sp³-hybridized carbons (Fsp3) is 0.704. The predicted octanol–water partition coefficient (Wildman–Crippen LogP) is 7.08. The van der Waals surface area contributed by atoms with Crippen molar-refractivity contribution < 1.29 is 19.8 Å². The second kappa shape index (κ2) is 18.7. The smallest absolute Gasteiger partial charge is 0.303 e. The number of hydrogen-bond acceptors (Lipinski definition) is 3. The molecule has 0 aliphatic carbocycles. The van der Waals surface area contributed by atoms with Crippen LogP contribution in [-0.4, -0.2) is 22.1 Å². The van der Waals surface area contributed by atoms with E-state index < -0.39 is 5.97 Å². The second-order valence-corrected chi connectivity index (χ2v) is 9.10. The van der Waals surface area contributed by atoms with E-state index in [1.165, 1.54) is 70.6 Å². The first kappa shape index (κ1) is 28.2. The molecule has 0 aliphatic rings. The Morgan fingerprint density at radius 1 is 0.781 bits per heavy atom. The first-order chi connectivity index (χ1) is 15.5. The third-order valence-electron chi connectivity index (χ3n) is 6.07. The summed E-state index contributed by atoms with van der Waals surface area (Å²) in [7, 11) is 0. The van der Waals surface area contributed by atoms with Gasteiger partial charge in [-0.3, -0.25) is 9.59 Å². The zero-order valence-electron chi connectivity index (χ0n) is 20.1. The van der Waals surface area contributed by atoms with E-state index in [2.05, 4.69) is 12.2 Å². The molecule has 0 fully saturated rings. The number of carbonyl (C=O) groups is 2. The van der Waals surface area contributed by atoms with Gasteiger partial charge in [0.15, 0.2) is 0 Å². The Morgan fingerprint density at radius 3 is 1.75 bits per heavy atom. The highest BCUT2D eigenvalue weighted by atomic mass is 16.4. The lowest BCUT2D eigenvalue weighted by molar-refractivity contribution is -0.138. The maximum atomic E-state index is 12.3. The quantitative estimate of drug-likeness (QED) is 0.186. The number of benzene rings is 1. The molecule has 1 atom stereocenters. The topological polar surface area (TPSA) is 86.6 Å². The Morgan fingerprint density at radius 2 is 1.28 bits per heavy atom. The normalized spacial score (nSPS) is 11.9. The number of aliphatic hydroxyl groups excluding tert-OH is 1. The number of rotatable bonds is 20. The summed E-state index contributed by atoms with van der Waals surface area (Å²) in [4.78, 5) is 23.5. The standard InChI is InChI=1S/C27H45NO4/c1-2-3-4-5-6-7-8-9-10-11-12-13-14-15-24(21-27(31)32)20-26(30)28-25-18-16-23(22-29)17-19-25/h16-19,24,29H,2-15,20-22H2,1H3,(H,28,30)(H,31,32). The summed E-state index contributed by atoms with van der Waals surface area (Å²) >= 11 is 0. The molecular weight excluding hydrogens is 402 g/mol. The van der Waals surface area contributed by atoms with Gasteiger partial charge in [-0.1, -0.05) is 103 Å². The third-order valence-corrected chi connectivity index (χ3v) is 6.07. The van der Waals surface area contributed by atoms with Crippen molar-refractivity contribution in [3.63, 3.8) is 0 Å². The van der Waals surface area contributed by atoms with E-state index in [9.17, 15) is 14.7 Å². The van der Waals surface area contributed by atoms with Crippen LogP contribution in [0.3, 0.4) is 0 Å². The maximum absolute atomic E-state index is 12.3. The molecular formula is C27H45NO4. The molecule has 182 valence electrons. The van der Waals surface area contributed by atoms with Gasteiger partial charge in [-0.25, -0.2) is 0 Å². The average Bonchev–Trinajstić information content (AvgIpc) is 2.77. The number of carbonyl (C=O) groups excluding carboxylic acids is 1. The average molecular weight is 448 g/mol. The monoisotopic (exact) mass is 447 g/mol. The lowest BCUT2D eigenvalue weighted by atomic mass is 9.93. The summed E-state index contributed by atoms with van der Waals surface area (Å²) in [5.41, 5.74) is 1.45. The van der Waals surface area contributed by atoms with Gasteiger partial charge in [0.05, 0.1) is 6.61 Å². The summed E-state index contributed by atoms with van der Waals surface area (Å²) in [6, 6.07) is 7.03. The molecule has 1 unspecified atom stereocenters. The van der Waals surface area contributed by atoms with E-state index in [4.69, 9.17) is 5.11 Å². The zero-order valence-corrected chi connectivity index (χ0v) is 20.1. The van der Waals surface area contributed by atoms with Crippen LogP contribution in [0.15, 0.2) is 24.3 Å². The molecule has 0 bridgehead atoms. The molecule has 0 aliphatic heterocycles. The SMILES string of the molecule is CCCCCCCCCCCCCCCC(CC(=O)O)CC(=O)Nc1ccc(CO)cc1. The number of nitrogens with one attached hydrogen (secondary N) is 1. The van der Waals surface area contributed by atoms with Gasteiger partial charge < -0.3 is 15.5 Å². The first-order valence-corrected chi connectivity index (χ1v) is 12.8. The van der Waals surface area contributed by atoms with Crippen molar-refractivity contribution in [3.8, 4) is 0 Å². The summed E-state index contributed by atoms with van der Waals surface area (Å²) < 4.78 is 0. The van der Waals surface area contributed by atoms with Crippen molar-refractivity contribution >= 4 is 17.6 Å². The summed E-state index contributed by atoms with van der Waals surface area (Å²) in [5.74, 6) is -1.12. The Hall–Kier alpha value is -1.88. The molecule has 5 nitrogen and oxygen atoms in total. The Kier molecular flexibility index (Phi) is 16.4. The van der Waals surface area contributed by atoms with Crippen LogP contribution in [0.4, 0.5) is 5.69 Å². The number of aliphatic hydroxyl groups is 1. The van der Waals surface area contributed by atoms with Crippen LogP contribution in [0.2, 0.25) is 0 Å². The summed E-state index contributed by atoms with van der Waals surface area (Å²) in [6.07, 6.45) is 17.8. The summed E-state index contributed by atoms with van der Waals surface area (Å²) in [6.45, 7) is 2.22. The second-order valence-electron chi connectivity index (χ2n) is 9.10. The number of carboxylic acid groups (broad SMARTS) is 1. The molecule has 3 N–H and O–H groups in total. The molecule has 0 heterocycles. The van der Waals surface area contributed by atoms with Gasteiger partial charge in [0.1, 0.15) is 0 Å². The molecule has 1 aromatic carbocycles. The van der Waals surface area contributed by atoms with Crippen molar-refractivity contribution in [2.45, 2.75) is 116 Å². The van der Waals surface area contributed by atoms with Gasteiger partial charge in [0.2, 0.25) is 5.91 Å². The minimum absolute atomic E-state index is 0.0337. The van der Waals surface area contributed by atoms with Gasteiger partial charge in [0, 0.05) is 18.5 Å². The lowest BCUT2D eigenvalue weighted by Crippen LogP contribution is -2.19. The fourth-order valence-electron chi connectivity index (χ4n) is 4.14. The van der Waals surface area contributed by atoms with E-state index in [1.54, 1.807) is 24.3 Å². The van der Waals surface area contributed by atoms with Crippen LogP contribution in [-0.2, 0) is 16.2 Å². The van der Waals surface area contributed by atoms with Crippen molar-refractivity contribution in [3.05, 3.63) is 29.8 Å². The van der Waals surface area contributed by atoms with Gasteiger partial charge >= 0.3 is 5.97 Å². The molecule has 32 heavy (non-hydrogen) atoms. The molecule has 1 amide bonds. The zero-order chi connectivity index (χ0) is 23.4. The van der Waals surface area contributed by atoms with E-state index >= 15 is 0 Å². The van der Waals surface area contributed by atoms with Crippen LogP contribution in [0, 0.1) is 5.92 Å². The van der Waals surface area contributed by atoms with Crippen LogP contribution in [0.5, 0.6) is 0 Å². The lowest BCUT2D eigenvalue weighted by Gasteiger charge is -2.15. The first-order valence-electron chi connectivity index (χ1n) is 12.8. The predicted molar refractivity (Wildman–Crippen MR) is 132 cm³/mol. The molecule has 5 heteroatoms. The van der Waals surface area contributed by atoms with Crippen molar-refractivity contribution in [2.75, 3.05) is 5.32 Å². The molecule has 0 saturated heterocycles. The molecule has 1 aromatic rings. The number of carboxylic acids is 1. The highest BCUT2D eigenvalue weighted by Gasteiger charge is 2.17. The van der Waals surface area contributed by atoms with E-state index in [1.807, 2.05) is 0 Å². The van der Waals surface area contributed by atoms with Crippen LogP contribution < -0.4 is 5.32 Å². The van der Waals surface area contributed by atoms with Crippen LogP contribution >= 0.6 is 0 Å². The Labute approximate surface area is 195 Å². The molecule has 1 rings (SSSR count). The molecule has 0 radical (unpaired) electrons. The molecule has 0 saturated carbocycles. The molecule has 0 aromatic heterocycles. The number of unbranched alkanes of at least 4 members (excludes halogenated alkanes) is 12. The number of aliphatic carboxylic acids is 1. The third kappa shape index (κ3) is 15.0. The van der Waals surface area contributed by atoms with E-state index in [0.29, 0.717) is 5.69 Å². The Bertz CT molecular complexity index is 615. The molecule has 0 spiro atoms. The van der Waals surface area contributed by atoms with Crippen molar-refractivity contribution in [1.82, 2.24) is 0 Å². The number of anilines is 1. The highest BCUT2D eigenvalue weighted by Crippen LogP contribution is 2.20. The number of amides is 1. The fourth-order valence-corrected chi connectivity index (χ4v) is 4.14. The summed E-state index contributed by atoms with van der Waals surface area (Å²) in [5, 5.41) is 21.1. The maximum Gasteiger partial charge on any atom is 0.303 e. The van der Waals surface area contributed by atoms with Gasteiger partial charge in [-0.2, -0.15) is 0 Å². The minimum Gasteiger partial charge on any atom is -0.481 e. The van der Waals surface area contributed by atoms with E-state index in [-0.39, 0.29) is 31.3 Å². The minimum atomic E-state index is -0.843. The van der Waals surface area contributed by atoms with Crippen molar-refractivity contribution in [1.29, 1.82) is 0 Å².